The van der Waals surface area contributed by atoms with Crippen LogP contribution in [0.2, 0.25) is 0 Å². The molecule has 10 heteroatoms. The van der Waals surface area contributed by atoms with E-state index < -0.39 is 0 Å². The average Bonchev–Trinajstić information content (AvgIpc) is 3.47. The van der Waals surface area contributed by atoms with Crippen molar-refractivity contribution in [3.8, 4) is 22.8 Å². The Hall–Kier alpha value is -4.18. The average molecular weight is 503 g/mol. The molecule has 0 spiro atoms. The molecule has 1 amide bonds. The van der Waals surface area contributed by atoms with E-state index in [1.54, 1.807) is 16.5 Å². The summed E-state index contributed by atoms with van der Waals surface area (Å²) in [5.74, 6) is 1.37. The first-order chi connectivity index (χ1) is 17.9. The van der Waals surface area contributed by atoms with Gasteiger partial charge in [-0.05, 0) is 62.7 Å². The lowest BCUT2D eigenvalue weighted by Crippen LogP contribution is -2.40. The molecule has 0 aliphatic carbocycles. The number of rotatable bonds is 7. The summed E-state index contributed by atoms with van der Waals surface area (Å²) in [5.41, 5.74) is 2.35. The number of piperidine rings is 1. The summed E-state index contributed by atoms with van der Waals surface area (Å²) in [5, 5.41) is 7.02. The zero-order valence-corrected chi connectivity index (χ0v) is 21.2. The first-order valence-corrected chi connectivity index (χ1v) is 12.3. The Balaban J connectivity index is 1.25. The van der Waals surface area contributed by atoms with Crippen molar-refractivity contribution in [1.29, 1.82) is 0 Å². The van der Waals surface area contributed by atoms with Crippen LogP contribution in [-0.2, 0) is 18.4 Å². The Morgan fingerprint density at radius 2 is 1.92 bits per heavy atom. The number of anilines is 1. The number of methoxy groups -OCH3 is 1. The van der Waals surface area contributed by atoms with Crippen LogP contribution in [-0.4, -0.2) is 50.5 Å². The van der Waals surface area contributed by atoms with Gasteiger partial charge in [-0.25, -0.2) is 4.68 Å². The van der Waals surface area contributed by atoms with Gasteiger partial charge in [0, 0.05) is 19.2 Å². The van der Waals surface area contributed by atoms with Crippen molar-refractivity contribution in [3.05, 3.63) is 76.5 Å². The molecule has 2 aromatic carbocycles. The number of carbonyl (C=O) groups excluding carboxylic acids is 1. The standard InChI is InChI=1S/C27H30N6O4/c1-18-24(27(35)33(31(18)2)21-9-5-4-6-10-21)29-26(34)20-8-7-15-32(16-20)17-23-28-25(30-37-23)19-11-13-22(36-3)14-12-19/h4-6,9-14,20H,7-8,15-17H2,1-3H3,(H,29,34). The lowest BCUT2D eigenvalue weighted by atomic mass is 9.97. The lowest BCUT2D eigenvalue weighted by Gasteiger charge is -2.30. The predicted molar refractivity (Wildman–Crippen MR) is 139 cm³/mol. The molecule has 192 valence electrons. The van der Waals surface area contributed by atoms with E-state index in [-0.39, 0.29) is 17.4 Å². The smallest absolute Gasteiger partial charge is 0.295 e. The molecule has 10 nitrogen and oxygen atoms in total. The summed E-state index contributed by atoms with van der Waals surface area (Å²) < 4.78 is 14.0. The molecule has 0 saturated carbocycles. The van der Waals surface area contributed by atoms with E-state index in [1.165, 1.54) is 0 Å². The van der Waals surface area contributed by atoms with Gasteiger partial charge in [0.25, 0.3) is 5.56 Å². The van der Waals surface area contributed by atoms with Crippen LogP contribution >= 0.6 is 0 Å². The Morgan fingerprint density at radius 1 is 1.16 bits per heavy atom. The lowest BCUT2D eigenvalue weighted by molar-refractivity contribution is -0.121. The molecule has 3 heterocycles. The van der Waals surface area contributed by atoms with Gasteiger partial charge in [0.05, 0.1) is 31.0 Å². The van der Waals surface area contributed by atoms with Crippen molar-refractivity contribution >= 4 is 11.6 Å². The van der Waals surface area contributed by atoms with Crippen LogP contribution in [0.25, 0.3) is 17.1 Å². The number of para-hydroxylation sites is 1. The van der Waals surface area contributed by atoms with Gasteiger partial charge in [0.1, 0.15) is 11.4 Å². The number of amides is 1. The van der Waals surface area contributed by atoms with Crippen LogP contribution < -0.4 is 15.6 Å². The second-order valence-electron chi connectivity index (χ2n) is 9.24. The number of benzene rings is 2. The number of aromatic nitrogens is 4. The summed E-state index contributed by atoms with van der Waals surface area (Å²) in [4.78, 5) is 33.0. The highest BCUT2D eigenvalue weighted by molar-refractivity contribution is 5.93. The maximum atomic E-state index is 13.2. The van der Waals surface area contributed by atoms with E-state index in [2.05, 4.69) is 20.4 Å². The Kier molecular flexibility index (Phi) is 6.91. The van der Waals surface area contributed by atoms with Gasteiger partial charge in [0.15, 0.2) is 0 Å². The van der Waals surface area contributed by atoms with Crippen molar-refractivity contribution in [3.63, 3.8) is 0 Å². The topological polar surface area (TPSA) is 107 Å². The fourth-order valence-electron chi connectivity index (χ4n) is 4.72. The predicted octanol–water partition coefficient (Wildman–Crippen LogP) is 3.39. The van der Waals surface area contributed by atoms with E-state index in [1.807, 2.05) is 68.6 Å². The van der Waals surface area contributed by atoms with Crippen molar-refractivity contribution in [2.24, 2.45) is 13.0 Å². The quantitative estimate of drug-likeness (QED) is 0.413. The van der Waals surface area contributed by atoms with Crippen molar-refractivity contribution in [2.45, 2.75) is 26.3 Å². The molecule has 37 heavy (non-hydrogen) atoms. The second-order valence-corrected chi connectivity index (χ2v) is 9.24. The highest BCUT2D eigenvalue weighted by Crippen LogP contribution is 2.23. The molecule has 1 aliphatic rings. The number of likely N-dealkylation sites (tertiary alicyclic amines) is 1. The summed E-state index contributed by atoms with van der Waals surface area (Å²) in [6.07, 6.45) is 1.61. The molecule has 1 saturated heterocycles. The third-order valence-corrected chi connectivity index (χ3v) is 6.85. The Labute approximate surface area is 214 Å². The largest absolute Gasteiger partial charge is 0.497 e. The molecule has 0 bridgehead atoms. The zero-order chi connectivity index (χ0) is 25.9. The maximum Gasteiger partial charge on any atom is 0.295 e. The fourth-order valence-corrected chi connectivity index (χ4v) is 4.72. The van der Waals surface area contributed by atoms with E-state index in [9.17, 15) is 9.59 Å². The van der Waals surface area contributed by atoms with Crippen LogP contribution in [0.3, 0.4) is 0 Å². The fraction of sp³-hybridized carbons (Fsp3) is 0.333. The summed E-state index contributed by atoms with van der Waals surface area (Å²) in [6, 6.07) is 16.8. The summed E-state index contributed by atoms with van der Waals surface area (Å²) >= 11 is 0. The van der Waals surface area contributed by atoms with Crippen LogP contribution in [0.4, 0.5) is 5.69 Å². The van der Waals surface area contributed by atoms with Crippen LogP contribution in [0.1, 0.15) is 24.4 Å². The highest BCUT2D eigenvalue weighted by Gasteiger charge is 2.29. The Morgan fingerprint density at radius 3 is 2.65 bits per heavy atom. The van der Waals surface area contributed by atoms with Gasteiger partial charge in [-0.2, -0.15) is 4.98 Å². The van der Waals surface area contributed by atoms with Crippen LogP contribution in [0.5, 0.6) is 5.75 Å². The molecular formula is C27H30N6O4. The van der Waals surface area contributed by atoms with E-state index in [0.717, 1.165) is 36.4 Å². The van der Waals surface area contributed by atoms with Gasteiger partial charge in [-0.15, -0.1) is 0 Å². The highest BCUT2D eigenvalue weighted by atomic mass is 16.5. The van der Waals surface area contributed by atoms with E-state index in [4.69, 9.17) is 9.26 Å². The van der Waals surface area contributed by atoms with Gasteiger partial charge < -0.3 is 14.6 Å². The van der Waals surface area contributed by atoms with Gasteiger partial charge >= 0.3 is 0 Å². The zero-order valence-electron chi connectivity index (χ0n) is 21.2. The van der Waals surface area contributed by atoms with Crippen LogP contribution in [0, 0.1) is 12.8 Å². The minimum Gasteiger partial charge on any atom is -0.497 e. The van der Waals surface area contributed by atoms with Crippen molar-refractivity contribution < 1.29 is 14.1 Å². The van der Waals surface area contributed by atoms with Gasteiger partial charge in [-0.1, -0.05) is 23.4 Å². The first kappa shape index (κ1) is 24.5. The number of hydrogen-bond acceptors (Lipinski definition) is 7. The molecule has 1 unspecified atom stereocenters. The minimum atomic E-state index is -0.248. The van der Waals surface area contributed by atoms with Crippen LogP contribution in [0.15, 0.2) is 63.9 Å². The molecule has 2 aromatic heterocycles. The van der Waals surface area contributed by atoms with Crippen molar-refractivity contribution in [2.75, 3.05) is 25.5 Å². The number of nitrogens with zero attached hydrogens (tertiary/aromatic N) is 5. The maximum absolute atomic E-state index is 13.2. The SMILES string of the molecule is COc1ccc(-c2noc(CN3CCCC(C(=O)Nc4c(C)n(C)n(-c5ccccc5)c4=O)C3)n2)cc1. The first-order valence-electron chi connectivity index (χ1n) is 12.3. The number of hydrogen-bond donors (Lipinski definition) is 1. The summed E-state index contributed by atoms with van der Waals surface area (Å²) in [6.45, 7) is 3.66. The number of carbonyl (C=O) groups is 1. The molecule has 1 aliphatic heterocycles. The minimum absolute atomic E-state index is 0.153. The van der Waals surface area contributed by atoms with E-state index >= 15 is 0 Å². The van der Waals surface area contributed by atoms with Gasteiger partial charge in [0.2, 0.25) is 17.6 Å². The molecule has 1 atom stereocenters. The number of nitrogens with one attached hydrogen (secondary N) is 1. The molecule has 4 aromatic rings. The monoisotopic (exact) mass is 502 g/mol. The second kappa shape index (κ2) is 10.4. The normalized spacial score (nSPS) is 16.0. The molecule has 5 rings (SSSR count). The molecule has 1 N–H and O–H groups in total. The number of ether oxygens (including phenoxy) is 1. The van der Waals surface area contributed by atoms with Gasteiger partial charge in [-0.3, -0.25) is 19.2 Å². The Bertz CT molecular complexity index is 1440. The third kappa shape index (κ3) is 5.05. The van der Waals surface area contributed by atoms with E-state index in [0.29, 0.717) is 36.2 Å². The third-order valence-electron chi connectivity index (χ3n) is 6.85. The summed E-state index contributed by atoms with van der Waals surface area (Å²) in [7, 11) is 3.43. The van der Waals surface area contributed by atoms with Crippen molar-refractivity contribution in [1.82, 2.24) is 24.4 Å². The molecular weight excluding hydrogens is 472 g/mol. The molecule has 0 radical (unpaired) electrons. The molecule has 1 fully saturated rings.